The summed E-state index contributed by atoms with van der Waals surface area (Å²) in [4.78, 5) is 20.7. The number of aromatic nitrogens is 2. The summed E-state index contributed by atoms with van der Waals surface area (Å²) in [5, 5.41) is 11.4. The lowest BCUT2D eigenvalue weighted by atomic mass is 9.90. The number of anilines is 2. The number of hydrogen-bond donors (Lipinski definition) is 1. The van der Waals surface area contributed by atoms with Crippen LogP contribution in [0.15, 0.2) is 10.9 Å². The van der Waals surface area contributed by atoms with Gasteiger partial charge in [-0.1, -0.05) is 0 Å². The van der Waals surface area contributed by atoms with Crippen molar-refractivity contribution in [2.45, 2.75) is 75.0 Å². The van der Waals surface area contributed by atoms with Gasteiger partial charge in [0, 0.05) is 19.2 Å². The van der Waals surface area contributed by atoms with Crippen LogP contribution in [0.5, 0.6) is 0 Å². The highest BCUT2D eigenvalue weighted by Crippen LogP contribution is 2.53. The zero-order valence-corrected chi connectivity index (χ0v) is 17.2. The molecule has 0 radical (unpaired) electrons. The van der Waals surface area contributed by atoms with Crippen molar-refractivity contribution in [3.63, 3.8) is 0 Å². The molecule has 3 atom stereocenters. The van der Waals surface area contributed by atoms with Gasteiger partial charge in [-0.2, -0.15) is 18.2 Å². The molecule has 31 heavy (non-hydrogen) atoms. The van der Waals surface area contributed by atoms with Crippen molar-refractivity contribution in [3.8, 4) is 0 Å². The van der Waals surface area contributed by atoms with Gasteiger partial charge in [0.25, 0.3) is 5.56 Å². The summed E-state index contributed by atoms with van der Waals surface area (Å²) in [7, 11) is 0. The number of hydrogen-bond acceptors (Lipinski definition) is 6. The Kier molecular flexibility index (Phi) is 4.23. The lowest BCUT2D eigenvalue weighted by molar-refractivity contribution is -0.155. The number of ether oxygens (including phenoxy) is 1. The fraction of sp³-hybridized carbons (Fsp3) is 0.810. The Bertz CT molecular complexity index is 931. The SMILES string of the molecule is O=c1cc(N2CC3CC2CO3)nc2n1CC[C@@H](C(F)(F)F)N2CC(O)(C1CC1)C1CC1. The molecule has 2 aliphatic carbocycles. The summed E-state index contributed by atoms with van der Waals surface area (Å²) in [6.07, 6.45) is -0.386. The molecule has 4 fully saturated rings. The second kappa shape index (κ2) is 6.60. The van der Waals surface area contributed by atoms with Crippen LogP contribution in [-0.2, 0) is 11.3 Å². The van der Waals surface area contributed by atoms with Gasteiger partial charge in [0.05, 0.1) is 30.9 Å². The smallest absolute Gasteiger partial charge is 0.387 e. The van der Waals surface area contributed by atoms with Gasteiger partial charge in [0.1, 0.15) is 11.9 Å². The average Bonchev–Trinajstić information content (AvgIpc) is 3.65. The molecule has 0 spiro atoms. The van der Waals surface area contributed by atoms with Crippen molar-refractivity contribution in [3.05, 3.63) is 16.4 Å². The molecule has 3 aliphatic heterocycles. The molecule has 2 saturated carbocycles. The number of alkyl halides is 3. The normalized spacial score (nSPS) is 30.8. The van der Waals surface area contributed by atoms with Crippen molar-refractivity contribution in [2.75, 3.05) is 29.5 Å². The number of β-amino-alcohol motifs (C(OH)–C–C–N with tert-alkyl or cyclic N) is 1. The van der Waals surface area contributed by atoms with Crippen molar-refractivity contribution in [1.82, 2.24) is 9.55 Å². The predicted molar refractivity (Wildman–Crippen MR) is 106 cm³/mol. The Balaban J connectivity index is 1.41. The summed E-state index contributed by atoms with van der Waals surface area (Å²) >= 11 is 0. The molecule has 2 bridgehead atoms. The number of halogens is 3. The van der Waals surface area contributed by atoms with Gasteiger partial charge in [-0.05, 0) is 50.4 Å². The maximum absolute atomic E-state index is 14.1. The minimum atomic E-state index is -4.46. The zero-order chi connectivity index (χ0) is 21.5. The summed E-state index contributed by atoms with van der Waals surface area (Å²) in [5.41, 5.74) is -1.49. The molecule has 1 aromatic rings. The molecule has 5 aliphatic rings. The molecule has 1 aromatic heterocycles. The van der Waals surface area contributed by atoms with E-state index < -0.39 is 17.8 Å². The Labute approximate surface area is 177 Å². The van der Waals surface area contributed by atoms with Crippen LogP contribution in [-0.4, -0.2) is 64.3 Å². The van der Waals surface area contributed by atoms with Gasteiger partial charge >= 0.3 is 6.18 Å². The van der Waals surface area contributed by atoms with Gasteiger partial charge in [0.2, 0.25) is 5.95 Å². The van der Waals surface area contributed by atoms with Crippen LogP contribution in [0.25, 0.3) is 0 Å². The first kappa shape index (κ1) is 19.8. The van der Waals surface area contributed by atoms with Gasteiger partial charge < -0.3 is 19.6 Å². The average molecular weight is 440 g/mol. The van der Waals surface area contributed by atoms with Gasteiger partial charge in [-0.25, -0.2) is 0 Å². The van der Waals surface area contributed by atoms with Crippen molar-refractivity contribution in [1.29, 1.82) is 0 Å². The minimum Gasteiger partial charge on any atom is -0.387 e. The molecule has 10 heteroatoms. The monoisotopic (exact) mass is 440 g/mol. The fourth-order valence-corrected chi connectivity index (χ4v) is 5.84. The first-order valence-electron chi connectivity index (χ1n) is 11.3. The third kappa shape index (κ3) is 3.25. The molecule has 0 aromatic carbocycles. The molecule has 2 saturated heterocycles. The number of fused-ring (bicyclic) bond motifs is 3. The van der Waals surface area contributed by atoms with Crippen molar-refractivity contribution >= 4 is 11.8 Å². The molecule has 170 valence electrons. The Morgan fingerprint density at radius 1 is 1.16 bits per heavy atom. The minimum absolute atomic E-state index is 0.0252. The van der Waals surface area contributed by atoms with Crippen LogP contribution in [0.1, 0.15) is 38.5 Å². The third-order valence-electron chi connectivity index (χ3n) is 7.80. The van der Waals surface area contributed by atoms with Crippen LogP contribution in [0.3, 0.4) is 0 Å². The van der Waals surface area contributed by atoms with Crippen LogP contribution in [0.4, 0.5) is 24.9 Å². The lowest BCUT2D eigenvalue weighted by Crippen LogP contribution is -2.58. The van der Waals surface area contributed by atoms with E-state index in [1.165, 1.54) is 15.5 Å². The quantitative estimate of drug-likeness (QED) is 0.755. The first-order valence-corrected chi connectivity index (χ1v) is 11.3. The second-order valence-corrected chi connectivity index (χ2v) is 9.92. The number of rotatable bonds is 5. The maximum Gasteiger partial charge on any atom is 0.408 e. The van der Waals surface area contributed by atoms with Gasteiger partial charge in [-0.15, -0.1) is 0 Å². The van der Waals surface area contributed by atoms with Crippen LogP contribution in [0.2, 0.25) is 0 Å². The van der Waals surface area contributed by atoms with E-state index >= 15 is 0 Å². The fourth-order valence-electron chi connectivity index (χ4n) is 5.84. The van der Waals surface area contributed by atoms with Gasteiger partial charge in [0.15, 0.2) is 0 Å². The summed E-state index contributed by atoms with van der Waals surface area (Å²) in [5.74, 6) is 0.525. The standard InChI is InChI=1S/C21H27F3N4O3/c22-21(23,24)16-5-6-26-18(29)8-17(27-9-15-7-14(27)10-31-15)25-19(26)28(16)11-20(30,12-1-2-12)13-3-4-13/h8,12-16,30H,1-7,9-11H2/t14?,15?,16-/m0/s1. The highest BCUT2D eigenvalue weighted by molar-refractivity contribution is 5.49. The second-order valence-electron chi connectivity index (χ2n) is 9.92. The van der Waals surface area contributed by atoms with E-state index in [0.717, 1.165) is 32.1 Å². The molecule has 6 rings (SSSR count). The molecule has 0 amide bonds. The topological polar surface area (TPSA) is 70.8 Å². The Morgan fingerprint density at radius 2 is 1.87 bits per heavy atom. The predicted octanol–water partition coefficient (Wildman–Crippen LogP) is 1.91. The maximum atomic E-state index is 14.1. The van der Waals surface area contributed by atoms with Crippen LogP contribution < -0.4 is 15.4 Å². The lowest BCUT2D eigenvalue weighted by Gasteiger charge is -2.44. The van der Waals surface area contributed by atoms with E-state index in [0.29, 0.717) is 19.0 Å². The molecule has 7 nitrogen and oxygen atoms in total. The van der Waals surface area contributed by atoms with E-state index in [9.17, 15) is 23.1 Å². The highest BCUT2D eigenvalue weighted by atomic mass is 19.4. The van der Waals surface area contributed by atoms with E-state index in [4.69, 9.17) is 4.74 Å². The number of morpholine rings is 1. The zero-order valence-electron chi connectivity index (χ0n) is 17.2. The summed E-state index contributed by atoms with van der Waals surface area (Å²) < 4.78 is 49.1. The van der Waals surface area contributed by atoms with E-state index in [-0.39, 0.29) is 55.0 Å². The summed E-state index contributed by atoms with van der Waals surface area (Å²) in [6.45, 7) is 0.986. The Hall–Kier alpha value is -1.81. The Morgan fingerprint density at radius 3 is 2.42 bits per heavy atom. The molecule has 2 unspecified atom stereocenters. The van der Waals surface area contributed by atoms with Crippen LogP contribution >= 0.6 is 0 Å². The van der Waals surface area contributed by atoms with Crippen molar-refractivity contribution < 1.29 is 23.0 Å². The highest BCUT2D eigenvalue weighted by Gasteiger charge is 2.57. The third-order valence-corrected chi connectivity index (χ3v) is 7.80. The largest absolute Gasteiger partial charge is 0.408 e. The van der Waals surface area contributed by atoms with Crippen molar-refractivity contribution in [2.24, 2.45) is 11.8 Å². The number of nitrogens with zero attached hydrogens (tertiary/aromatic N) is 4. The van der Waals surface area contributed by atoms with E-state index in [1.54, 1.807) is 0 Å². The first-order chi connectivity index (χ1) is 14.7. The summed E-state index contributed by atoms with van der Waals surface area (Å²) in [6, 6.07) is -0.216. The van der Waals surface area contributed by atoms with Crippen LogP contribution in [0, 0.1) is 11.8 Å². The number of aliphatic hydroxyl groups is 1. The van der Waals surface area contributed by atoms with Gasteiger partial charge in [-0.3, -0.25) is 9.36 Å². The van der Waals surface area contributed by atoms with E-state index in [2.05, 4.69) is 4.98 Å². The van der Waals surface area contributed by atoms with E-state index in [1.807, 2.05) is 4.90 Å². The molecule has 4 heterocycles. The molecular formula is C21H27F3N4O3. The molecular weight excluding hydrogens is 413 g/mol. The molecule has 1 N–H and O–H groups in total.